The largest absolute Gasteiger partial charge is 0.507 e. The molecule has 0 aliphatic rings. The first-order chi connectivity index (χ1) is 11.0. The molecule has 1 unspecified atom stereocenters. The summed E-state index contributed by atoms with van der Waals surface area (Å²) in [4.78, 5) is 12.3. The number of hydrogen-bond donors (Lipinski definition) is 2. The van der Waals surface area contributed by atoms with E-state index in [-0.39, 0.29) is 17.4 Å². The van der Waals surface area contributed by atoms with E-state index in [0.29, 0.717) is 5.56 Å². The Kier molecular flexibility index (Phi) is 5.56. The van der Waals surface area contributed by atoms with Crippen molar-refractivity contribution in [2.45, 2.75) is 13.0 Å². The summed E-state index contributed by atoms with van der Waals surface area (Å²) in [5, 5.41) is 21.8. The number of halogens is 1. The van der Waals surface area contributed by atoms with Gasteiger partial charge in [-0.05, 0) is 36.8 Å². The quantitative estimate of drug-likeness (QED) is 0.632. The smallest absolute Gasteiger partial charge is 0.262 e. The van der Waals surface area contributed by atoms with Crippen molar-refractivity contribution in [3.8, 4) is 11.8 Å². The Labute approximate surface area is 143 Å². The van der Waals surface area contributed by atoms with Crippen molar-refractivity contribution in [2.75, 3.05) is 0 Å². The lowest BCUT2D eigenvalue weighted by Crippen LogP contribution is -2.27. The van der Waals surface area contributed by atoms with Gasteiger partial charge in [0.25, 0.3) is 5.91 Å². The highest BCUT2D eigenvalue weighted by molar-refractivity contribution is 9.10. The molecule has 1 amide bonds. The summed E-state index contributed by atoms with van der Waals surface area (Å²) in [6.45, 7) is 1.85. The molecule has 2 N–H and O–H groups in total. The van der Waals surface area contributed by atoms with Crippen LogP contribution < -0.4 is 5.32 Å². The van der Waals surface area contributed by atoms with Crippen molar-refractivity contribution in [3.63, 3.8) is 0 Å². The second-order valence-electron chi connectivity index (χ2n) is 4.98. The topological polar surface area (TPSA) is 73.1 Å². The van der Waals surface area contributed by atoms with E-state index in [2.05, 4.69) is 21.2 Å². The third-order valence-corrected chi connectivity index (χ3v) is 3.79. The average molecular weight is 371 g/mol. The van der Waals surface area contributed by atoms with E-state index < -0.39 is 5.91 Å². The van der Waals surface area contributed by atoms with E-state index in [0.717, 1.165) is 10.0 Å². The first-order valence-corrected chi connectivity index (χ1v) is 7.76. The fourth-order valence-corrected chi connectivity index (χ4v) is 2.42. The first kappa shape index (κ1) is 16.8. The summed E-state index contributed by atoms with van der Waals surface area (Å²) in [6, 6.07) is 15.9. The van der Waals surface area contributed by atoms with Crippen LogP contribution in [0.4, 0.5) is 0 Å². The monoisotopic (exact) mass is 370 g/mol. The molecule has 0 aromatic heterocycles. The fraction of sp³-hybridized carbons (Fsp3) is 0.111. The molecule has 0 saturated carbocycles. The molecule has 0 saturated heterocycles. The van der Waals surface area contributed by atoms with E-state index in [1.54, 1.807) is 12.1 Å². The molecule has 0 bridgehead atoms. The number of amides is 1. The molecule has 2 rings (SSSR count). The molecule has 1 atom stereocenters. The lowest BCUT2D eigenvalue weighted by Gasteiger charge is -2.13. The minimum absolute atomic E-state index is 0.00450. The summed E-state index contributed by atoms with van der Waals surface area (Å²) in [5.41, 5.74) is 1.28. The molecule has 0 aliphatic heterocycles. The predicted molar refractivity (Wildman–Crippen MR) is 92.4 cm³/mol. The minimum atomic E-state index is -0.483. The van der Waals surface area contributed by atoms with Crippen molar-refractivity contribution in [1.82, 2.24) is 5.32 Å². The van der Waals surface area contributed by atoms with Gasteiger partial charge in [-0.2, -0.15) is 5.26 Å². The third-order valence-electron chi connectivity index (χ3n) is 3.30. The van der Waals surface area contributed by atoms with Crippen LogP contribution in [0.25, 0.3) is 6.08 Å². The number of rotatable bonds is 4. The summed E-state index contributed by atoms with van der Waals surface area (Å²) in [5.74, 6) is -0.479. The number of phenolic OH excluding ortho intramolecular Hbond substituents is 1. The SMILES string of the molecule is CC(NC(=O)/C(C#N)=C/c1cc(Br)ccc1O)c1ccccc1. The van der Waals surface area contributed by atoms with Crippen molar-refractivity contribution < 1.29 is 9.90 Å². The van der Waals surface area contributed by atoms with Crippen LogP contribution in [-0.4, -0.2) is 11.0 Å². The number of hydrogen-bond acceptors (Lipinski definition) is 3. The van der Waals surface area contributed by atoms with Crippen LogP contribution in [0.1, 0.15) is 24.1 Å². The van der Waals surface area contributed by atoms with E-state index in [4.69, 9.17) is 0 Å². The van der Waals surface area contributed by atoms with Gasteiger partial charge in [-0.3, -0.25) is 4.79 Å². The highest BCUT2D eigenvalue weighted by Crippen LogP contribution is 2.24. The fourth-order valence-electron chi connectivity index (χ4n) is 2.04. The van der Waals surface area contributed by atoms with E-state index >= 15 is 0 Å². The number of phenols is 1. The van der Waals surface area contributed by atoms with Crippen LogP contribution in [0.2, 0.25) is 0 Å². The molecule has 0 spiro atoms. The Balaban J connectivity index is 2.20. The number of carbonyl (C=O) groups excluding carboxylic acids is 1. The van der Waals surface area contributed by atoms with E-state index in [1.807, 2.05) is 43.3 Å². The minimum Gasteiger partial charge on any atom is -0.507 e. The molecule has 116 valence electrons. The van der Waals surface area contributed by atoms with Gasteiger partial charge in [0.05, 0.1) is 6.04 Å². The predicted octanol–water partition coefficient (Wildman–Crippen LogP) is 3.94. The zero-order chi connectivity index (χ0) is 16.8. The van der Waals surface area contributed by atoms with Crippen LogP contribution in [-0.2, 0) is 4.79 Å². The van der Waals surface area contributed by atoms with Crippen molar-refractivity contribution in [2.24, 2.45) is 0 Å². The Morgan fingerprint density at radius 2 is 2.00 bits per heavy atom. The number of aromatic hydroxyl groups is 1. The van der Waals surface area contributed by atoms with Gasteiger partial charge in [0.15, 0.2) is 0 Å². The summed E-state index contributed by atoms with van der Waals surface area (Å²) < 4.78 is 0.747. The first-order valence-electron chi connectivity index (χ1n) is 6.97. The van der Waals surface area contributed by atoms with E-state index in [1.165, 1.54) is 12.1 Å². The standard InChI is InChI=1S/C18H15BrN2O2/c1-12(13-5-3-2-4-6-13)21-18(23)15(11-20)9-14-10-16(19)7-8-17(14)22/h2-10,12,22H,1H3,(H,21,23)/b15-9+. The average Bonchev–Trinajstić information content (AvgIpc) is 2.56. The molecular weight excluding hydrogens is 356 g/mol. The Bertz CT molecular complexity index is 779. The van der Waals surface area contributed by atoms with Gasteiger partial charge in [0, 0.05) is 10.0 Å². The number of nitrogens with one attached hydrogen (secondary N) is 1. The van der Waals surface area contributed by atoms with Gasteiger partial charge < -0.3 is 10.4 Å². The second kappa shape index (κ2) is 7.61. The molecular formula is C18H15BrN2O2. The molecule has 4 nitrogen and oxygen atoms in total. The van der Waals surface area contributed by atoms with Gasteiger partial charge in [-0.15, -0.1) is 0 Å². The summed E-state index contributed by atoms with van der Waals surface area (Å²) in [7, 11) is 0. The Morgan fingerprint density at radius 3 is 2.65 bits per heavy atom. The van der Waals surface area contributed by atoms with Crippen LogP contribution in [0.5, 0.6) is 5.75 Å². The lowest BCUT2D eigenvalue weighted by atomic mass is 10.1. The molecule has 0 aliphatic carbocycles. The highest BCUT2D eigenvalue weighted by atomic mass is 79.9. The van der Waals surface area contributed by atoms with Gasteiger partial charge in [-0.1, -0.05) is 46.3 Å². The van der Waals surface area contributed by atoms with Gasteiger partial charge >= 0.3 is 0 Å². The molecule has 0 fully saturated rings. The van der Waals surface area contributed by atoms with Gasteiger partial charge in [-0.25, -0.2) is 0 Å². The van der Waals surface area contributed by atoms with Crippen molar-refractivity contribution in [1.29, 1.82) is 5.26 Å². The Hall–Kier alpha value is -2.58. The van der Waals surface area contributed by atoms with Crippen LogP contribution in [0.3, 0.4) is 0 Å². The van der Waals surface area contributed by atoms with Gasteiger partial charge in [0.2, 0.25) is 0 Å². The summed E-state index contributed by atoms with van der Waals surface area (Å²) >= 11 is 3.29. The molecule has 0 radical (unpaired) electrons. The highest BCUT2D eigenvalue weighted by Gasteiger charge is 2.14. The molecule has 2 aromatic carbocycles. The van der Waals surface area contributed by atoms with Crippen LogP contribution in [0, 0.1) is 11.3 Å². The Morgan fingerprint density at radius 1 is 1.30 bits per heavy atom. The van der Waals surface area contributed by atoms with Crippen molar-refractivity contribution in [3.05, 3.63) is 69.7 Å². The van der Waals surface area contributed by atoms with Crippen LogP contribution in [0.15, 0.2) is 58.6 Å². The lowest BCUT2D eigenvalue weighted by molar-refractivity contribution is -0.117. The molecule has 0 heterocycles. The molecule has 5 heteroatoms. The zero-order valence-electron chi connectivity index (χ0n) is 12.5. The normalized spacial score (nSPS) is 12.3. The molecule has 23 heavy (non-hydrogen) atoms. The maximum atomic E-state index is 12.3. The summed E-state index contributed by atoms with van der Waals surface area (Å²) in [6.07, 6.45) is 1.37. The van der Waals surface area contributed by atoms with Crippen LogP contribution >= 0.6 is 15.9 Å². The number of nitriles is 1. The third kappa shape index (κ3) is 4.44. The maximum Gasteiger partial charge on any atom is 0.262 e. The van der Waals surface area contributed by atoms with E-state index in [9.17, 15) is 15.2 Å². The van der Waals surface area contributed by atoms with Gasteiger partial charge in [0.1, 0.15) is 17.4 Å². The number of nitrogens with zero attached hydrogens (tertiary/aromatic N) is 1. The number of benzene rings is 2. The molecule has 2 aromatic rings. The zero-order valence-corrected chi connectivity index (χ0v) is 14.0. The second-order valence-corrected chi connectivity index (χ2v) is 5.89. The maximum absolute atomic E-state index is 12.3. The number of carbonyl (C=O) groups is 1. The van der Waals surface area contributed by atoms with Crippen molar-refractivity contribution >= 4 is 27.9 Å².